The Morgan fingerprint density at radius 1 is 1.33 bits per heavy atom. The molecule has 0 aliphatic rings. The predicted octanol–water partition coefficient (Wildman–Crippen LogP) is 1.72. The van der Waals surface area contributed by atoms with E-state index < -0.39 is 6.03 Å². The quantitative estimate of drug-likeness (QED) is 0.870. The molecule has 2 N–H and O–H groups in total. The van der Waals surface area contributed by atoms with E-state index in [1.807, 2.05) is 0 Å². The standard InChI is InChI=1S/C13H16N4O4/c1-8-15-12(21-17-8)7-14-13(18)16-10-5-4-9(19-2)6-11(10)20-3/h4-6H,7H2,1-3H3,(H2,14,16,18). The largest absolute Gasteiger partial charge is 0.497 e. The number of aromatic nitrogens is 2. The summed E-state index contributed by atoms with van der Waals surface area (Å²) in [5.41, 5.74) is 0.525. The molecule has 8 heteroatoms. The summed E-state index contributed by atoms with van der Waals surface area (Å²) >= 11 is 0. The Hall–Kier alpha value is -2.77. The molecule has 0 saturated heterocycles. The van der Waals surface area contributed by atoms with Gasteiger partial charge in [-0.05, 0) is 19.1 Å². The van der Waals surface area contributed by atoms with Gasteiger partial charge in [-0.15, -0.1) is 0 Å². The molecule has 0 bridgehead atoms. The Morgan fingerprint density at radius 2 is 2.14 bits per heavy atom. The van der Waals surface area contributed by atoms with Crippen LogP contribution in [0.25, 0.3) is 0 Å². The molecule has 0 fully saturated rings. The first-order valence-corrected chi connectivity index (χ1v) is 6.18. The summed E-state index contributed by atoms with van der Waals surface area (Å²) in [5, 5.41) is 8.91. The first-order valence-electron chi connectivity index (χ1n) is 6.18. The highest BCUT2D eigenvalue weighted by molar-refractivity contribution is 5.91. The van der Waals surface area contributed by atoms with Crippen LogP contribution in [0, 0.1) is 6.92 Å². The Kier molecular flexibility index (Phi) is 4.60. The lowest BCUT2D eigenvalue weighted by Gasteiger charge is -2.11. The molecule has 0 spiro atoms. The summed E-state index contributed by atoms with van der Waals surface area (Å²) in [7, 11) is 3.07. The average molecular weight is 292 g/mol. The van der Waals surface area contributed by atoms with E-state index in [-0.39, 0.29) is 6.54 Å². The number of nitrogens with one attached hydrogen (secondary N) is 2. The van der Waals surface area contributed by atoms with E-state index in [4.69, 9.17) is 14.0 Å². The van der Waals surface area contributed by atoms with E-state index in [1.54, 1.807) is 32.2 Å². The monoisotopic (exact) mass is 292 g/mol. The number of hydrogen-bond acceptors (Lipinski definition) is 6. The zero-order valence-corrected chi connectivity index (χ0v) is 12.0. The number of nitrogens with zero attached hydrogens (tertiary/aromatic N) is 2. The van der Waals surface area contributed by atoms with E-state index in [0.29, 0.717) is 28.9 Å². The minimum Gasteiger partial charge on any atom is -0.497 e. The number of anilines is 1. The molecule has 112 valence electrons. The van der Waals surface area contributed by atoms with E-state index in [0.717, 1.165) is 0 Å². The summed E-state index contributed by atoms with van der Waals surface area (Å²) < 4.78 is 15.2. The molecule has 1 aromatic heterocycles. The van der Waals surface area contributed by atoms with Gasteiger partial charge in [-0.25, -0.2) is 4.79 Å². The molecule has 0 saturated carbocycles. The number of amides is 2. The molecule has 1 heterocycles. The van der Waals surface area contributed by atoms with Crippen molar-refractivity contribution in [2.24, 2.45) is 0 Å². The summed E-state index contributed by atoms with van der Waals surface area (Å²) in [4.78, 5) is 15.8. The number of rotatable bonds is 5. The maximum absolute atomic E-state index is 11.8. The van der Waals surface area contributed by atoms with Crippen LogP contribution in [0.15, 0.2) is 22.7 Å². The fraction of sp³-hybridized carbons (Fsp3) is 0.308. The number of aryl methyl sites for hydroxylation is 1. The fourth-order valence-electron chi connectivity index (χ4n) is 1.64. The molecule has 2 amide bonds. The van der Waals surface area contributed by atoms with Crippen molar-refractivity contribution in [3.05, 3.63) is 29.9 Å². The van der Waals surface area contributed by atoms with Gasteiger partial charge in [-0.2, -0.15) is 4.98 Å². The van der Waals surface area contributed by atoms with Gasteiger partial charge in [-0.3, -0.25) is 0 Å². The molecule has 2 aromatic rings. The molecule has 0 atom stereocenters. The van der Waals surface area contributed by atoms with Crippen molar-refractivity contribution in [2.75, 3.05) is 19.5 Å². The second-order valence-corrected chi connectivity index (χ2v) is 4.11. The number of hydrogen-bond donors (Lipinski definition) is 2. The second kappa shape index (κ2) is 6.60. The van der Waals surface area contributed by atoms with Gasteiger partial charge in [0.05, 0.1) is 26.5 Å². The SMILES string of the molecule is COc1ccc(NC(=O)NCc2nc(C)no2)c(OC)c1. The maximum atomic E-state index is 11.8. The van der Waals surface area contributed by atoms with Crippen LogP contribution in [0.4, 0.5) is 10.5 Å². The van der Waals surface area contributed by atoms with Gasteiger partial charge in [0.25, 0.3) is 0 Å². The summed E-state index contributed by atoms with van der Waals surface area (Å²) in [5.74, 6) is 1.99. The number of carbonyl (C=O) groups is 1. The first-order chi connectivity index (χ1) is 10.1. The number of carbonyl (C=O) groups excluding carboxylic acids is 1. The summed E-state index contributed by atoms with van der Waals surface area (Å²) in [6.07, 6.45) is 0. The average Bonchev–Trinajstić information content (AvgIpc) is 2.91. The van der Waals surface area contributed by atoms with Crippen LogP contribution in [0.2, 0.25) is 0 Å². The van der Waals surface area contributed by atoms with Crippen LogP contribution < -0.4 is 20.1 Å². The van der Waals surface area contributed by atoms with Crippen molar-refractivity contribution < 1.29 is 18.8 Å². The first kappa shape index (κ1) is 14.6. The highest BCUT2D eigenvalue weighted by Crippen LogP contribution is 2.28. The smallest absolute Gasteiger partial charge is 0.319 e. The zero-order chi connectivity index (χ0) is 15.2. The lowest BCUT2D eigenvalue weighted by Crippen LogP contribution is -2.28. The molecule has 1 aromatic carbocycles. The topological polar surface area (TPSA) is 98.5 Å². The Bertz CT molecular complexity index is 626. The van der Waals surface area contributed by atoms with Gasteiger partial charge >= 0.3 is 6.03 Å². The lowest BCUT2D eigenvalue weighted by molar-refractivity contribution is 0.249. The van der Waals surface area contributed by atoms with Crippen LogP contribution in [-0.2, 0) is 6.54 Å². The van der Waals surface area contributed by atoms with Crippen molar-refractivity contribution >= 4 is 11.7 Å². The van der Waals surface area contributed by atoms with E-state index in [2.05, 4.69) is 20.8 Å². The van der Waals surface area contributed by atoms with Crippen LogP contribution in [0.1, 0.15) is 11.7 Å². The van der Waals surface area contributed by atoms with E-state index in [1.165, 1.54) is 7.11 Å². The van der Waals surface area contributed by atoms with Gasteiger partial charge in [0.15, 0.2) is 5.82 Å². The van der Waals surface area contributed by atoms with Crippen molar-refractivity contribution in [2.45, 2.75) is 13.5 Å². The highest BCUT2D eigenvalue weighted by Gasteiger charge is 2.10. The van der Waals surface area contributed by atoms with Crippen LogP contribution >= 0.6 is 0 Å². The minimum atomic E-state index is -0.408. The third-order valence-electron chi connectivity index (χ3n) is 2.63. The fourth-order valence-corrected chi connectivity index (χ4v) is 1.64. The van der Waals surface area contributed by atoms with Crippen molar-refractivity contribution in [1.82, 2.24) is 15.5 Å². The van der Waals surface area contributed by atoms with Gasteiger partial charge in [0.1, 0.15) is 11.5 Å². The molecule has 21 heavy (non-hydrogen) atoms. The third-order valence-corrected chi connectivity index (χ3v) is 2.63. The minimum absolute atomic E-state index is 0.144. The normalized spacial score (nSPS) is 10.0. The van der Waals surface area contributed by atoms with Gasteiger partial charge in [0, 0.05) is 6.07 Å². The molecule has 2 rings (SSSR count). The molecular formula is C13H16N4O4. The molecule has 0 aliphatic carbocycles. The van der Waals surface area contributed by atoms with Gasteiger partial charge < -0.3 is 24.6 Å². The predicted molar refractivity (Wildman–Crippen MR) is 74.4 cm³/mol. The Labute approximate surface area is 121 Å². The third kappa shape index (κ3) is 3.85. The van der Waals surface area contributed by atoms with E-state index >= 15 is 0 Å². The number of methoxy groups -OCH3 is 2. The second-order valence-electron chi connectivity index (χ2n) is 4.11. The Morgan fingerprint density at radius 3 is 2.76 bits per heavy atom. The van der Waals surface area contributed by atoms with Gasteiger partial charge in [-0.1, -0.05) is 5.16 Å². The molecule has 0 unspecified atom stereocenters. The van der Waals surface area contributed by atoms with E-state index in [9.17, 15) is 4.79 Å². The number of ether oxygens (including phenoxy) is 2. The molecule has 0 aliphatic heterocycles. The number of urea groups is 1. The number of benzene rings is 1. The van der Waals surface area contributed by atoms with Crippen molar-refractivity contribution in [1.29, 1.82) is 0 Å². The molecule has 8 nitrogen and oxygen atoms in total. The Balaban J connectivity index is 1.95. The molecule has 0 radical (unpaired) electrons. The zero-order valence-electron chi connectivity index (χ0n) is 12.0. The lowest BCUT2D eigenvalue weighted by atomic mass is 10.2. The molecular weight excluding hydrogens is 276 g/mol. The van der Waals surface area contributed by atoms with Crippen LogP contribution in [-0.4, -0.2) is 30.4 Å². The van der Waals surface area contributed by atoms with Crippen molar-refractivity contribution in [3.63, 3.8) is 0 Å². The maximum Gasteiger partial charge on any atom is 0.319 e. The highest BCUT2D eigenvalue weighted by atomic mass is 16.5. The van der Waals surface area contributed by atoms with Crippen LogP contribution in [0.5, 0.6) is 11.5 Å². The van der Waals surface area contributed by atoms with Crippen LogP contribution in [0.3, 0.4) is 0 Å². The summed E-state index contributed by atoms with van der Waals surface area (Å²) in [6.45, 7) is 1.85. The van der Waals surface area contributed by atoms with Crippen molar-refractivity contribution in [3.8, 4) is 11.5 Å². The summed E-state index contributed by atoms with van der Waals surface area (Å²) in [6, 6.07) is 4.68. The van der Waals surface area contributed by atoms with Gasteiger partial charge in [0.2, 0.25) is 5.89 Å².